The third kappa shape index (κ3) is 4.36. The van der Waals surface area contributed by atoms with Crippen LogP contribution < -0.4 is 0 Å². The number of hydrogen-bond acceptors (Lipinski definition) is 1. The number of aliphatic carboxylic acids is 1. The number of carbonyl (C=O) groups is 1. The molecule has 2 unspecified atom stereocenters. The number of benzene rings is 1. The van der Waals surface area contributed by atoms with Gasteiger partial charge in [0.15, 0.2) is 0 Å². The van der Waals surface area contributed by atoms with Crippen LogP contribution in [-0.4, -0.2) is 11.1 Å². The van der Waals surface area contributed by atoms with Crippen molar-refractivity contribution in [2.24, 2.45) is 5.92 Å². The summed E-state index contributed by atoms with van der Waals surface area (Å²) in [5.74, 6) is -1.19. The molecule has 1 rings (SSSR count). The zero-order valence-electron chi connectivity index (χ0n) is 11.2. The van der Waals surface area contributed by atoms with E-state index >= 15 is 0 Å². The van der Waals surface area contributed by atoms with Gasteiger partial charge in [-0.05, 0) is 12.0 Å². The van der Waals surface area contributed by atoms with Crippen LogP contribution in [0, 0.1) is 5.92 Å². The Hall–Kier alpha value is -1.57. The summed E-state index contributed by atoms with van der Waals surface area (Å²) in [6.45, 7) is 3.92. The maximum atomic E-state index is 11.2. The molecule has 1 aromatic carbocycles. The fourth-order valence-corrected chi connectivity index (χ4v) is 1.96. The molecule has 0 radical (unpaired) electrons. The van der Waals surface area contributed by atoms with Crippen LogP contribution in [0.5, 0.6) is 0 Å². The molecule has 0 bridgehead atoms. The predicted octanol–water partition coefficient (Wildman–Crippen LogP) is 4.24. The second-order valence-electron chi connectivity index (χ2n) is 4.63. The third-order valence-electron chi connectivity index (χ3n) is 3.18. The summed E-state index contributed by atoms with van der Waals surface area (Å²) < 4.78 is 0. The van der Waals surface area contributed by atoms with Gasteiger partial charge in [0.25, 0.3) is 0 Å². The number of hydrogen-bond donors (Lipinski definition) is 1. The lowest BCUT2D eigenvalue weighted by Gasteiger charge is -2.17. The standard InChI is InChI=1S/C16H22O2/c1-3-4-5-9-12-15(13(2)16(17)18)14-10-7-6-8-11-14/h6-13,15H,3-5H2,1-2H3,(H,17,18)/b12-9+. The van der Waals surface area contributed by atoms with E-state index in [0.717, 1.165) is 24.8 Å². The van der Waals surface area contributed by atoms with Gasteiger partial charge in [0.1, 0.15) is 0 Å². The van der Waals surface area contributed by atoms with Gasteiger partial charge in [-0.15, -0.1) is 0 Å². The molecule has 0 fully saturated rings. The van der Waals surface area contributed by atoms with Gasteiger partial charge in [-0.2, -0.15) is 0 Å². The highest BCUT2D eigenvalue weighted by molar-refractivity contribution is 5.71. The van der Waals surface area contributed by atoms with E-state index in [4.69, 9.17) is 0 Å². The lowest BCUT2D eigenvalue weighted by molar-refractivity contribution is -0.141. The molecule has 2 heteroatoms. The highest BCUT2D eigenvalue weighted by Gasteiger charge is 2.22. The normalized spacial score (nSPS) is 14.6. The SMILES string of the molecule is CCCC/C=C/C(c1ccccc1)C(C)C(=O)O. The molecule has 0 spiro atoms. The molecule has 0 saturated carbocycles. The van der Waals surface area contributed by atoms with E-state index in [2.05, 4.69) is 13.0 Å². The van der Waals surface area contributed by atoms with E-state index in [0.29, 0.717) is 0 Å². The van der Waals surface area contributed by atoms with Crippen molar-refractivity contribution in [2.45, 2.75) is 39.0 Å². The minimum absolute atomic E-state index is 0.0412. The first-order valence-electron chi connectivity index (χ1n) is 6.61. The van der Waals surface area contributed by atoms with Gasteiger partial charge >= 0.3 is 5.97 Å². The second-order valence-corrected chi connectivity index (χ2v) is 4.63. The highest BCUT2D eigenvalue weighted by Crippen LogP contribution is 2.26. The first-order valence-corrected chi connectivity index (χ1v) is 6.61. The Labute approximate surface area is 109 Å². The Bertz CT molecular complexity index is 381. The Morgan fingerprint density at radius 1 is 1.33 bits per heavy atom. The van der Waals surface area contributed by atoms with Gasteiger partial charge in [-0.25, -0.2) is 0 Å². The van der Waals surface area contributed by atoms with E-state index in [-0.39, 0.29) is 5.92 Å². The summed E-state index contributed by atoms with van der Waals surface area (Å²) in [4.78, 5) is 11.2. The van der Waals surface area contributed by atoms with Crippen molar-refractivity contribution < 1.29 is 9.90 Å². The van der Waals surface area contributed by atoms with Crippen LogP contribution in [-0.2, 0) is 4.79 Å². The molecule has 0 aliphatic carbocycles. The molecule has 2 atom stereocenters. The molecule has 2 nitrogen and oxygen atoms in total. The molecule has 18 heavy (non-hydrogen) atoms. The number of allylic oxidation sites excluding steroid dienone is 2. The molecular formula is C16H22O2. The zero-order valence-corrected chi connectivity index (χ0v) is 11.2. The van der Waals surface area contributed by atoms with Crippen molar-refractivity contribution >= 4 is 5.97 Å². The molecular weight excluding hydrogens is 224 g/mol. The third-order valence-corrected chi connectivity index (χ3v) is 3.18. The maximum Gasteiger partial charge on any atom is 0.307 e. The summed E-state index contributed by atoms with van der Waals surface area (Å²) in [6.07, 6.45) is 7.49. The number of carboxylic acid groups (broad SMARTS) is 1. The molecule has 1 aromatic rings. The lowest BCUT2D eigenvalue weighted by atomic mass is 9.86. The van der Waals surface area contributed by atoms with E-state index in [1.165, 1.54) is 0 Å². The van der Waals surface area contributed by atoms with Gasteiger partial charge < -0.3 is 5.11 Å². The minimum Gasteiger partial charge on any atom is -0.481 e. The molecule has 0 amide bonds. The van der Waals surface area contributed by atoms with Crippen LogP contribution in [0.2, 0.25) is 0 Å². The van der Waals surface area contributed by atoms with Gasteiger partial charge in [0, 0.05) is 5.92 Å². The fraction of sp³-hybridized carbons (Fsp3) is 0.438. The summed E-state index contributed by atoms with van der Waals surface area (Å²) >= 11 is 0. The Balaban J connectivity index is 2.82. The van der Waals surface area contributed by atoms with Crippen LogP contribution >= 0.6 is 0 Å². The van der Waals surface area contributed by atoms with E-state index in [9.17, 15) is 9.90 Å². The molecule has 0 aliphatic heterocycles. The monoisotopic (exact) mass is 246 g/mol. The molecule has 0 aromatic heterocycles. The van der Waals surface area contributed by atoms with Crippen LogP contribution in [0.4, 0.5) is 0 Å². The first-order chi connectivity index (χ1) is 8.66. The van der Waals surface area contributed by atoms with Gasteiger partial charge in [0.2, 0.25) is 0 Å². The van der Waals surface area contributed by atoms with Crippen LogP contribution in [0.15, 0.2) is 42.5 Å². The predicted molar refractivity (Wildman–Crippen MR) is 74.6 cm³/mol. The largest absolute Gasteiger partial charge is 0.481 e. The van der Waals surface area contributed by atoms with Crippen molar-refractivity contribution in [2.75, 3.05) is 0 Å². The molecule has 0 heterocycles. The average Bonchev–Trinajstić information content (AvgIpc) is 2.39. The quantitative estimate of drug-likeness (QED) is 0.577. The molecule has 0 saturated heterocycles. The molecule has 0 aliphatic rings. The summed E-state index contributed by atoms with van der Waals surface area (Å²) in [5, 5.41) is 9.18. The molecule has 1 N–H and O–H groups in total. The van der Waals surface area contributed by atoms with Crippen LogP contribution in [0.25, 0.3) is 0 Å². The minimum atomic E-state index is -0.746. The summed E-state index contributed by atoms with van der Waals surface area (Å²) in [7, 11) is 0. The fourth-order valence-electron chi connectivity index (χ4n) is 1.96. The molecule has 98 valence electrons. The maximum absolute atomic E-state index is 11.2. The van der Waals surface area contributed by atoms with Crippen molar-refractivity contribution in [3.8, 4) is 0 Å². The lowest BCUT2D eigenvalue weighted by Crippen LogP contribution is -2.17. The van der Waals surface area contributed by atoms with Crippen LogP contribution in [0.1, 0.15) is 44.6 Å². The highest BCUT2D eigenvalue weighted by atomic mass is 16.4. The Morgan fingerprint density at radius 3 is 2.56 bits per heavy atom. The summed E-state index contributed by atoms with van der Waals surface area (Å²) in [5.41, 5.74) is 1.07. The first kappa shape index (κ1) is 14.5. The van der Waals surface area contributed by atoms with E-state index in [1.807, 2.05) is 36.4 Å². The zero-order chi connectivity index (χ0) is 13.4. The Morgan fingerprint density at radius 2 is 2.00 bits per heavy atom. The topological polar surface area (TPSA) is 37.3 Å². The number of unbranched alkanes of at least 4 members (excludes halogenated alkanes) is 2. The van der Waals surface area contributed by atoms with Crippen LogP contribution in [0.3, 0.4) is 0 Å². The average molecular weight is 246 g/mol. The Kier molecular flexibility index (Phi) is 6.20. The van der Waals surface area contributed by atoms with Gasteiger partial charge in [-0.1, -0.05) is 69.2 Å². The summed E-state index contributed by atoms with van der Waals surface area (Å²) in [6, 6.07) is 9.85. The second kappa shape index (κ2) is 7.70. The van der Waals surface area contributed by atoms with Crippen molar-refractivity contribution in [1.29, 1.82) is 0 Å². The van der Waals surface area contributed by atoms with Crippen molar-refractivity contribution in [3.05, 3.63) is 48.0 Å². The van der Waals surface area contributed by atoms with E-state index < -0.39 is 11.9 Å². The number of carboxylic acids is 1. The van der Waals surface area contributed by atoms with Crippen molar-refractivity contribution in [1.82, 2.24) is 0 Å². The van der Waals surface area contributed by atoms with Gasteiger partial charge in [-0.3, -0.25) is 4.79 Å². The van der Waals surface area contributed by atoms with E-state index in [1.54, 1.807) is 6.92 Å². The number of rotatable bonds is 7. The van der Waals surface area contributed by atoms with Crippen molar-refractivity contribution in [3.63, 3.8) is 0 Å². The smallest absolute Gasteiger partial charge is 0.307 e. The van der Waals surface area contributed by atoms with Gasteiger partial charge in [0.05, 0.1) is 5.92 Å².